The van der Waals surface area contributed by atoms with Gasteiger partial charge in [-0.3, -0.25) is 4.79 Å². The molecule has 0 spiro atoms. The molecule has 1 heterocycles. The molecule has 1 amide bonds. The third-order valence-corrected chi connectivity index (χ3v) is 4.44. The molecule has 2 N–H and O–H groups in total. The molecule has 0 aromatic rings. The topological polar surface area (TPSA) is 55.6 Å². The number of carbonyl (C=O) groups is 1. The molecule has 2 unspecified atom stereocenters. The van der Waals surface area contributed by atoms with Crippen molar-refractivity contribution < 1.29 is 9.53 Å². The van der Waals surface area contributed by atoms with Crippen LogP contribution in [0.4, 0.5) is 0 Å². The lowest BCUT2D eigenvalue weighted by molar-refractivity contribution is -0.134. The highest BCUT2D eigenvalue weighted by Gasteiger charge is 2.27. The minimum atomic E-state index is 0.00148. The van der Waals surface area contributed by atoms with Gasteiger partial charge in [-0.25, -0.2) is 0 Å². The minimum Gasteiger partial charge on any atom is -0.383 e. The molecule has 0 aromatic heterocycles. The lowest BCUT2D eigenvalue weighted by Gasteiger charge is -2.29. The molecule has 106 valence electrons. The summed E-state index contributed by atoms with van der Waals surface area (Å²) in [6.45, 7) is 3.40. The molecule has 2 atom stereocenters. The normalized spacial score (nSPS) is 20.9. The highest BCUT2D eigenvalue weighted by molar-refractivity contribution is 7.99. The molecule has 0 aromatic carbocycles. The molecule has 1 rings (SSSR count). The minimum absolute atomic E-state index is 0.00148. The van der Waals surface area contributed by atoms with Crippen molar-refractivity contribution in [1.29, 1.82) is 0 Å². The average Bonchev–Trinajstić information content (AvgIpc) is 2.83. The van der Waals surface area contributed by atoms with Crippen LogP contribution < -0.4 is 5.73 Å². The van der Waals surface area contributed by atoms with E-state index in [0.29, 0.717) is 25.6 Å². The molecule has 1 aliphatic rings. The Morgan fingerprint density at radius 1 is 1.61 bits per heavy atom. The van der Waals surface area contributed by atoms with Gasteiger partial charge >= 0.3 is 0 Å². The third-order valence-electron chi connectivity index (χ3n) is 3.30. The third kappa shape index (κ3) is 5.16. The van der Waals surface area contributed by atoms with Gasteiger partial charge in [-0.2, -0.15) is 11.8 Å². The quantitative estimate of drug-likeness (QED) is 0.728. The van der Waals surface area contributed by atoms with E-state index in [-0.39, 0.29) is 11.9 Å². The van der Waals surface area contributed by atoms with Gasteiger partial charge in [0.2, 0.25) is 5.91 Å². The van der Waals surface area contributed by atoms with E-state index in [4.69, 9.17) is 10.5 Å². The fraction of sp³-hybridized carbons (Fsp3) is 0.923. The lowest BCUT2D eigenvalue weighted by Crippen LogP contribution is -2.44. The van der Waals surface area contributed by atoms with Crippen molar-refractivity contribution in [1.82, 2.24) is 4.90 Å². The van der Waals surface area contributed by atoms with E-state index in [2.05, 4.69) is 6.92 Å². The van der Waals surface area contributed by atoms with Crippen LogP contribution in [0.1, 0.15) is 32.6 Å². The molecule has 0 aliphatic carbocycles. The van der Waals surface area contributed by atoms with Crippen LogP contribution >= 0.6 is 11.8 Å². The van der Waals surface area contributed by atoms with E-state index < -0.39 is 0 Å². The highest BCUT2D eigenvalue weighted by atomic mass is 32.2. The molecule has 4 nitrogen and oxygen atoms in total. The van der Waals surface area contributed by atoms with Crippen LogP contribution in [0.25, 0.3) is 0 Å². The molecular weight excluding hydrogens is 248 g/mol. The maximum atomic E-state index is 12.3. The maximum absolute atomic E-state index is 12.3. The first-order valence-electron chi connectivity index (χ1n) is 6.80. The maximum Gasteiger partial charge on any atom is 0.224 e. The first-order valence-corrected chi connectivity index (χ1v) is 7.96. The van der Waals surface area contributed by atoms with Crippen molar-refractivity contribution >= 4 is 17.7 Å². The molecule has 1 aliphatic heterocycles. The highest BCUT2D eigenvalue weighted by Crippen LogP contribution is 2.23. The van der Waals surface area contributed by atoms with Crippen LogP contribution in [0.5, 0.6) is 0 Å². The molecule has 0 saturated carbocycles. The molecule has 0 radical (unpaired) electrons. The Morgan fingerprint density at radius 3 is 2.94 bits per heavy atom. The van der Waals surface area contributed by atoms with Crippen LogP contribution in [0.15, 0.2) is 0 Å². The second-order valence-electron chi connectivity index (χ2n) is 4.85. The number of amides is 1. The largest absolute Gasteiger partial charge is 0.383 e. The smallest absolute Gasteiger partial charge is 0.224 e. The Morgan fingerprint density at radius 2 is 2.39 bits per heavy atom. The summed E-state index contributed by atoms with van der Waals surface area (Å²) in [6.07, 6.45) is 3.52. The monoisotopic (exact) mass is 274 g/mol. The predicted molar refractivity (Wildman–Crippen MR) is 76.8 cm³/mol. The Labute approximate surface area is 115 Å². The van der Waals surface area contributed by atoms with Gasteiger partial charge in [-0.05, 0) is 18.6 Å². The van der Waals surface area contributed by atoms with Gasteiger partial charge in [0.05, 0.1) is 6.61 Å². The molecule has 1 saturated heterocycles. The average molecular weight is 274 g/mol. The Balaban J connectivity index is 2.49. The van der Waals surface area contributed by atoms with Crippen LogP contribution in [-0.2, 0) is 9.53 Å². The lowest BCUT2D eigenvalue weighted by atomic mass is 10.1. The van der Waals surface area contributed by atoms with Crippen molar-refractivity contribution in [3.05, 3.63) is 0 Å². The van der Waals surface area contributed by atoms with Gasteiger partial charge < -0.3 is 15.4 Å². The number of hydrogen-bond donors (Lipinski definition) is 1. The SMILES string of the molecule is CCCC(N)CC(=O)N(CCOC)C1CCSC1. The zero-order valence-electron chi connectivity index (χ0n) is 11.6. The fourth-order valence-corrected chi connectivity index (χ4v) is 3.51. The number of ether oxygens (including phenoxy) is 1. The van der Waals surface area contributed by atoms with Gasteiger partial charge in [-0.15, -0.1) is 0 Å². The number of nitrogens with zero attached hydrogens (tertiary/aromatic N) is 1. The van der Waals surface area contributed by atoms with Crippen LogP contribution in [0.3, 0.4) is 0 Å². The summed E-state index contributed by atoms with van der Waals surface area (Å²) in [4.78, 5) is 14.3. The molecule has 5 heteroatoms. The first-order chi connectivity index (χ1) is 8.69. The van der Waals surface area contributed by atoms with Crippen LogP contribution in [0.2, 0.25) is 0 Å². The number of hydrogen-bond acceptors (Lipinski definition) is 4. The number of rotatable bonds is 8. The van der Waals surface area contributed by atoms with E-state index in [1.807, 2.05) is 16.7 Å². The van der Waals surface area contributed by atoms with Crippen molar-refractivity contribution in [2.24, 2.45) is 5.73 Å². The van der Waals surface area contributed by atoms with Crippen LogP contribution in [0, 0.1) is 0 Å². The second kappa shape index (κ2) is 8.77. The fourth-order valence-electron chi connectivity index (χ4n) is 2.28. The van der Waals surface area contributed by atoms with E-state index in [0.717, 1.165) is 30.8 Å². The summed E-state index contributed by atoms with van der Waals surface area (Å²) in [5, 5.41) is 0. The van der Waals surface area contributed by atoms with Crippen molar-refractivity contribution in [2.45, 2.75) is 44.7 Å². The van der Waals surface area contributed by atoms with Crippen LogP contribution in [-0.4, -0.2) is 54.7 Å². The number of thioether (sulfide) groups is 1. The van der Waals surface area contributed by atoms with Gasteiger partial charge in [0.25, 0.3) is 0 Å². The summed E-state index contributed by atoms with van der Waals surface area (Å²) in [7, 11) is 1.68. The summed E-state index contributed by atoms with van der Waals surface area (Å²) in [5.41, 5.74) is 5.97. The number of nitrogens with two attached hydrogens (primary N) is 1. The zero-order chi connectivity index (χ0) is 13.4. The predicted octanol–water partition coefficient (Wildman–Crippen LogP) is 1.48. The summed E-state index contributed by atoms with van der Waals surface area (Å²) < 4.78 is 5.10. The van der Waals surface area contributed by atoms with Crippen molar-refractivity contribution in [2.75, 3.05) is 31.8 Å². The standard InChI is InChI=1S/C13H26N2O2S/c1-3-4-11(14)9-13(16)15(6-7-17-2)12-5-8-18-10-12/h11-12H,3-10,14H2,1-2H3. The molecule has 1 fully saturated rings. The number of methoxy groups -OCH3 is 1. The van der Waals surface area contributed by atoms with Gasteiger partial charge in [0.15, 0.2) is 0 Å². The van der Waals surface area contributed by atoms with E-state index in [9.17, 15) is 4.79 Å². The van der Waals surface area contributed by atoms with Crippen molar-refractivity contribution in [3.8, 4) is 0 Å². The summed E-state index contributed by atoms with van der Waals surface area (Å²) in [5.74, 6) is 2.40. The Hall–Kier alpha value is -0.260. The molecule has 0 bridgehead atoms. The Kier molecular flexibility index (Phi) is 7.70. The Bertz CT molecular complexity index is 245. The van der Waals surface area contributed by atoms with Gasteiger partial charge in [0.1, 0.15) is 0 Å². The second-order valence-corrected chi connectivity index (χ2v) is 6.00. The van der Waals surface area contributed by atoms with Gasteiger partial charge in [0, 0.05) is 37.9 Å². The van der Waals surface area contributed by atoms with E-state index in [1.54, 1.807) is 7.11 Å². The van der Waals surface area contributed by atoms with Crippen molar-refractivity contribution in [3.63, 3.8) is 0 Å². The molecular formula is C13H26N2O2S. The number of carbonyl (C=O) groups excluding carboxylic acids is 1. The first kappa shape index (κ1) is 15.8. The van der Waals surface area contributed by atoms with E-state index in [1.165, 1.54) is 0 Å². The van der Waals surface area contributed by atoms with E-state index >= 15 is 0 Å². The van der Waals surface area contributed by atoms with Gasteiger partial charge in [-0.1, -0.05) is 13.3 Å². The summed E-state index contributed by atoms with van der Waals surface area (Å²) >= 11 is 1.92. The summed E-state index contributed by atoms with van der Waals surface area (Å²) in [6, 6.07) is 0.382. The molecule has 18 heavy (non-hydrogen) atoms. The zero-order valence-corrected chi connectivity index (χ0v) is 12.4.